The molecule has 0 spiro atoms. The van der Waals surface area contributed by atoms with Crippen LogP contribution in [0.1, 0.15) is 18.4 Å². The number of hydrogen-bond donors (Lipinski definition) is 1. The van der Waals surface area contributed by atoms with Gasteiger partial charge in [-0.3, -0.25) is 4.79 Å². The lowest BCUT2D eigenvalue weighted by molar-refractivity contribution is -0.142. The summed E-state index contributed by atoms with van der Waals surface area (Å²) in [6, 6.07) is 5.78. The number of fused-ring (bicyclic) bond motifs is 1. The normalized spacial score (nSPS) is 10.8. The van der Waals surface area contributed by atoms with Crippen LogP contribution in [0.2, 0.25) is 0 Å². The molecular weight excluding hydrogens is 232 g/mol. The number of nitrogens with one attached hydrogen (secondary N) is 1. The van der Waals surface area contributed by atoms with E-state index in [1.54, 1.807) is 6.92 Å². The van der Waals surface area contributed by atoms with Gasteiger partial charge in [0.1, 0.15) is 5.52 Å². The molecule has 5 nitrogen and oxygen atoms in total. The Bertz CT molecular complexity index is 548. The highest BCUT2D eigenvalue weighted by atomic mass is 16.5. The van der Waals surface area contributed by atoms with Crippen molar-refractivity contribution >= 4 is 17.1 Å². The summed E-state index contributed by atoms with van der Waals surface area (Å²) < 4.78 is 10.2. The van der Waals surface area contributed by atoms with Crippen LogP contribution in [0.15, 0.2) is 22.6 Å². The van der Waals surface area contributed by atoms with Gasteiger partial charge < -0.3 is 14.5 Å². The van der Waals surface area contributed by atoms with Crippen molar-refractivity contribution in [2.45, 2.75) is 20.4 Å². The summed E-state index contributed by atoms with van der Waals surface area (Å²) in [6.45, 7) is 4.83. The van der Waals surface area contributed by atoms with E-state index in [0.29, 0.717) is 19.0 Å². The third-order valence-electron chi connectivity index (χ3n) is 2.46. The van der Waals surface area contributed by atoms with E-state index >= 15 is 0 Å². The Hall–Kier alpha value is -1.88. The molecule has 0 unspecified atom stereocenters. The van der Waals surface area contributed by atoms with Crippen LogP contribution in [0.3, 0.4) is 0 Å². The molecule has 0 saturated carbocycles. The molecule has 2 rings (SSSR count). The molecule has 1 aromatic carbocycles. The van der Waals surface area contributed by atoms with Crippen molar-refractivity contribution in [1.82, 2.24) is 10.3 Å². The largest absolute Gasteiger partial charge is 0.465 e. The van der Waals surface area contributed by atoms with Crippen molar-refractivity contribution in [3.05, 3.63) is 29.7 Å². The lowest BCUT2D eigenvalue weighted by atomic mass is 10.2. The summed E-state index contributed by atoms with van der Waals surface area (Å²) in [6.07, 6.45) is 0. The Kier molecular flexibility index (Phi) is 3.94. The van der Waals surface area contributed by atoms with Crippen molar-refractivity contribution < 1.29 is 13.9 Å². The zero-order chi connectivity index (χ0) is 13.0. The third-order valence-corrected chi connectivity index (χ3v) is 2.46. The van der Waals surface area contributed by atoms with E-state index in [1.807, 2.05) is 25.1 Å². The monoisotopic (exact) mass is 248 g/mol. The molecule has 0 saturated heterocycles. The molecule has 0 bridgehead atoms. The van der Waals surface area contributed by atoms with Gasteiger partial charge >= 0.3 is 5.97 Å². The minimum absolute atomic E-state index is 0.212. The number of hydrogen-bond acceptors (Lipinski definition) is 5. The molecule has 96 valence electrons. The average molecular weight is 248 g/mol. The lowest BCUT2D eigenvalue weighted by Crippen LogP contribution is -2.24. The van der Waals surface area contributed by atoms with Gasteiger partial charge in [-0.2, -0.15) is 0 Å². The van der Waals surface area contributed by atoms with Crippen molar-refractivity contribution in [3.63, 3.8) is 0 Å². The standard InChI is InChI=1S/C13H16N2O3/c1-3-17-13(16)8-14-7-10-4-5-12-11(6-10)15-9(2)18-12/h4-6,14H,3,7-8H2,1-2H3. The van der Waals surface area contributed by atoms with Crippen LogP contribution in [0, 0.1) is 6.92 Å². The number of oxazole rings is 1. The van der Waals surface area contributed by atoms with Crippen LogP contribution < -0.4 is 5.32 Å². The van der Waals surface area contributed by atoms with Crippen LogP contribution >= 0.6 is 0 Å². The number of esters is 1. The topological polar surface area (TPSA) is 64.4 Å². The smallest absolute Gasteiger partial charge is 0.319 e. The Labute approximate surface area is 105 Å². The molecule has 0 fully saturated rings. The molecule has 0 amide bonds. The number of benzene rings is 1. The van der Waals surface area contributed by atoms with E-state index < -0.39 is 0 Å². The molecule has 0 aliphatic heterocycles. The maximum absolute atomic E-state index is 11.1. The highest BCUT2D eigenvalue weighted by molar-refractivity contribution is 5.73. The maximum atomic E-state index is 11.1. The number of ether oxygens (including phenoxy) is 1. The predicted molar refractivity (Wildman–Crippen MR) is 67.1 cm³/mol. The third kappa shape index (κ3) is 3.07. The molecule has 1 N–H and O–H groups in total. The van der Waals surface area contributed by atoms with Gasteiger partial charge in [0.25, 0.3) is 0 Å². The zero-order valence-corrected chi connectivity index (χ0v) is 10.5. The number of aryl methyl sites for hydroxylation is 1. The summed E-state index contributed by atoms with van der Waals surface area (Å²) in [4.78, 5) is 15.4. The van der Waals surface area contributed by atoms with Crippen LogP contribution in [0.5, 0.6) is 0 Å². The number of rotatable bonds is 5. The first-order valence-electron chi connectivity index (χ1n) is 5.91. The second-order valence-electron chi connectivity index (χ2n) is 3.94. The van der Waals surface area contributed by atoms with Gasteiger partial charge in [-0.25, -0.2) is 4.98 Å². The molecule has 2 aromatic rings. The van der Waals surface area contributed by atoms with E-state index in [1.165, 1.54) is 0 Å². The van der Waals surface area contributed by atoms with E-state index in [4.69, 9.17) is 9.15 Å². The molecule has 0 aliphatic carbocycles. The Morgan fingerprint density at radius 2 is 2.33 bits per heavy atom. The molecule has 5 heteroatoms. The Balaban J connectivity index is 1.93. The maximum Gasteiger partial charge on any atom is 0.319 e. The summed E-state index contributed by atoms with van der Waals surface area (Å²) in [5.74, 6) is 0.414. The average Bonchev–Trinajstić information content (AvgIpc) is 2.69. The zero-order valence-electron chi connectivity index (χ0n) is 10.5. The van der Waals surface area contributed by atoms with Gasteiger partial charge in [0.05, 0.1) is 13.2 Å². The molecule has 0 radical (unpaired) electrons. The summed E-state index contributed by atoms with van der Waals surface area (Å²) >= 11 is 0. The van der Waals surface area contributed by atoms with E-state index in [-0.39, 0.29) is 12.5 Å². The van der Waals surface area contributed by atoms with Crippen LogP contribution in [-0.4, -0.2) is 24.1 Å². The molecule has 0 aliphatic rings. The van der Waals surface area contributed by atoms with Crippen molar-refractivity contribution in [2.24, 2.45) is 0 Å². The summed E-state index contributed by atoms with van der Waals surface area (Å²) in [7, 11) is 0. The minimum atomic E-state index is -0.240. The van der Waals surface area contributed by atoms with E-state index in [0.717, 1.165) is 16.7 Å². The second-order valence-corrected chi connectivity index (χ2v) is 3.94. The second kappa shape index (κ2) is 5.64. The predicted octanol–water partition coefficient (Wildman–Crippen LogP) is 1.79. The van der Waals surface area contributed by atoms with Crippen molar-refractivity contribution in [2.75, 3.05) is 13.2 Å². The van der Waals surface area contributed by atoms with Crippen molar-refractivity contribution in [1.29, 1.82) is 0 Å². The van der Waals surface area contributed by atoms with Crippen molar-refractivity contribution in [3.8, 4) is 0 Å². The first-order chi connectivity index (χ1) is 8.69. The van der Waals surface area contributed by atoms with Gasteiger partial charge in [-0.05, 0) is 24.6 Å². The minimum Gasteiger partial charge on any atom is -0.465 e. The fourth-order valence-electron chi connectivity index (χ4n) is 1.72. The molecular formula is C13H16N2O3. The van der Waals surface area contributed by atoms with Crippen LogP contribution in [0.4, 0.5) is 0 Å². The quantitative estimate of drug-likeness (QED) is 0.817. The first-order valence-corrected chi connectivity index (χ1v) is 5.91. The molecule has 1 heterocycles. The number of carbonyl (C=O) groups is 1. The van der Waals surface area contributed by atoms with Gasteiger partial charge in [-0.15, -0.1) is 0 Å². The van der Waals surface area contributed by atoms with Gasteiger partial charge in [0.2, 0.25) is 0 Å². The fourth-order valence-corrected chi connectivity index (χ4v) is 1.72. The summed E-state index contributed by atoms with van der Waals surface area (Å²) in [5, 5.41) is 3.02. The first kappa shape index (κ1) is 12.6. The SMILES string of the molecule is CCOC(=O)CNCc1ccc2oc(C)nc2c1. The lowest BCUT2D eigenvalue weighted by Gasteiger charge is -2.04. The fraction of sp³-hybridized carbons (Fsp3) is 0.385. The Morgan fingerprint density at radius 3 is 3.11 bits per heavy atom. The van der Waals surface area contributed by atoms with Crippen LogP contribution in [-0.2, 0) is 16.1 Å². The van der Waals surface area contributed by atoms with Gasteiger partial charge in [-0.1, -0.05) is 6.07 Å². The summed E-state index contributed by atoms with van der Waals surface area (Å²) in [5.41, 5.74) is 2.67. The highest BCUT2D eigenvalue weighted by Gasteiger charge is 2.04. The number of aromatic nitrogens is 1. The van der Waals surface area contributed by atoms with Gasteiger partial charge in [0.15, 0.2) is 11.5 Å². The number of carbonyl (C=O) groups excluding carboxylic acids is 1. The molecule has 18 heavy (non-hydrogen) atoms. The van der Waals surface area contributed by atoms with E-state index in [2.05, 4.69) is 10.3 Å². The molecule has 0 atom stereocenters. The highest BCUT2D eigenvalue weighted by Crippen LogP contribution is 2.16. The van der Waals surface area contributed by atoms with E-state index in [9.17, 15) is 4.79 Å². The van der Waals surface area contributed by atoms with Gasteiger partial charge in [0, 0.05) is 13.5 Å². The van der Waals surface area contributed by atoms with Crippen LogP contribution in [0.25, 0.3) is 11.1 Å². The Morgan fingerprint density at radius 1 is 1.50 bits per heavy atom. The molecule has 1 aromatic heterocycles. The number of nitrogens with zero attached hydrogens (tertiary/aromatic N) is 1.